The van der Waals surface area contributed by atoms with Gasteiger partial charge in [0.1, 0.15) is 11.9 Å². The van der Waals surface area contributed by atoms with Crippen LogP contribution in [0.15, 0.2) is 40.9 Å². The Bertz CT molecular complexity index is 560. The molecule has 0 saturated heterocycles. The number of halogens is 2. The zero-order valence-corrected chi connectivity index (χ0v) is 11.8. The third kappa shape index (κ3) is 2.47. The van der Waals surface area contributed by atoms with Crippen LogP contribution >= 0.6 is 15.9 Å². The van der Waals surface area contributed by atoms with Crippen LogP contribution in [0.1, 0.15) is 28.4 Å². The van der Waals surface area contributed by atoms with E-state index in [9.17, 15) is 9.50 Å². The van der Waals surface area contributed by atoms with Gasteiger partial charge in [-0.1, -0.05) is 24.3 Å². The van der Waals surface area contributed by atoms with Crippen molar-refractivity contribution in [3.63, 3.8) is 0 Å². The van der Waals surface area contributed by atoms with Crippen LogP contribution in [0.2, 0.25) is 0 Å². The minimum atomic E-state index is -0.733. The van der Waals surface area contributed by atoms with Gasteiger partial charge in [-0.3, -0.25) is 0 Å². The monoisotopic (exact) mass is 308 g/mol. The summed E-state index contributed by atoms with van der Waals surface area (Å²) in [5.41, 5.74) is 3.63. The molecule has 94 valence electrons. The van der Waals surface area contributed by atoms with E-state index >= 15 is 0 Å². The van der Waals surface area contributed by atoms with Gasteiger partial charge in [0.05, 0.1) is 4.47 Å². The molecule has 1 unspecified atom stereocenters. The first-order valence-corrected chi connectivity index (χ1v) is 6.49. The highest BCUT2D eigenvalue weighted by atomic mass is 79.9. The van der Waals surface area contributed by atoms with E-state index in [1.54, 1.807) is 12.1 Å². The van der Waals surface area contributed by atoms with Crippen molar-refractivity contribution < 1.29 is 9.50 Å². The molecule has 2 rings (SSSR count). The zero-order chi connectivity index (χ0) is 13.3. The highest BCUT2D eigenvalue weighted by Gasteiger charge is 2.16. The number of hydrogen-bond donors (Lipinski definition) is 1. The van der Waals surface area contributed by atoms with Crippen molar-refractivity contribution in [2.24, 2.45) is 0 Å². The SMILES string of the molecule is Cc1cccc(C)c1C(O)c1ccc(F)c(Br)c1. The lowest BCUT2D eigenvalue weighted by molar-refractivity contribution is 0.218. The first kappa shape index (κ1) is 13.2. The summed E-state index contributed by atoms with van der Waals surface area (Å²) in [5, 5.41) is 10.4. The van der Waals surface area contributed by atoms with Crippen LogP contribution in [0.25, 0.3) is 0 Å². The average molecular weight is 309 g/mol. The van der Waals surface area contributed by atoms with Crippen LogP contribution in [0.5, 0.6) is 0 Å². The second-order valence-electron chi connectivity index (χ2n) is 4.38. The summed E-state index contributed by atoms with van der Waals surface area (Å²) in [7, 11) is 0. The normalized spacial score (nSPS) is 12.5. The van der Waals surface area contributed by atoms with Gasteiger partial charge < -0.3 is 5.11 Å². The van der Waals surface area contributed by atoms with E-state index in [0.717, 1.165) is 16.7 Å². The summed E-state index contributed by atoms with van der Waals surface area (Å²) in [6.07, 6.45) is -0.733. The minimum absolute atomic E-state index is 0.326. The summed E-state index contributed by atoms with van der Waals surface area (Å²) in [6.45, 7) is 3.92. The van der Waals surface area contributed by atoms with Gasteiger partial charge in [0, 0.05) is 0 Å². The van der Waals surface area contributed by atoms with Crippen LogP contribution < -0.4 is 0 Å². The van der Waals surface area contributed by atoms with Gasteiger partial charge in [0.25, 0.3) is 0 Å². The molecule has 1 N–H and O–H groups in total. The van der Waals surface area contributed by atoms with Crippen LogP contribution in [0, 0.1) is 19.7 Å². The fraction of sp³-hybridized carbons (Fsp3) is 0.200. The standard InChI is InChI=1S/C15H14BrFO/c1-9-4-3-5-10(2)14(9)15(18)11-6-7-13(17)12(16)8-11/h3-8,15,18H,1-2H3. The molecule has 0 spiro atoms. The average Bonchev–Trinajstić information content (AvgIpc) is 2.32. The number of aliphatic hydroxyl groups is 1. The van der Waals surface area contributed by atoms with E-state index in [2.05, 4.69) is 15.9 Å². The molecule has 0 saturated carbocycles. The fourth-order valence-electron chi connectivity index (χ4n) is 2.11. The van der Waals surface area contributed by atoms with Gasteiger partial charge in [-0.05, 0) is 64.2 Å². The van der Waals surface area contributed by atoms with Gasteiger partial charge in [-0.15, -0.1) is 0 Å². The summed E-state index contributed by atoms with van der Waals surface area (Å²) < 4.78 is 13.6. The first-order chi connectivity index (χ1) is 8.50. The van der Waals surface area contributed by atoms with Gasteiger partial charge in [-0.2, -0.15) is 0 Å². The van der Waals surface area contributed by atoms with Gasteiger partial charge in [0.15, 0.2) is 0 Å². The molecule has 0 aliphatic rings. The predicted molar refractivity (Wildman–Crippen MR) is 74.1 cm³/mol. The molecule has 2 aromatic carbocycles. The Kier molecular flexibility index (Phi) is 3.83. The zero-order valence-electron chi connectivity index (χ0n) is 10.2. The Morgan fingerprint density at radius 3 is 2.28 bits per heavy atom. The third-order valence-electron chi connectivity index (χ3n) is 3.07. The van der Waals surface area contributed by atoms with E-state index in [4.69, 9.17) is 0 Å². The Balaban J connectivity index is 2.48. The van der Waals surface area contributed by atoms with Crippen molar-refractivity contribution in [1.29, 1.82) is 0 Å². The van der Waals surface area contributed by atoms with Crippen molar-refractivity contribution in [1.82, 2.24) is 0 Å². The smallest absolute Gasteiger partial charge is 0.137 e. The highest BCUT2D eigenvalue weighted by molar-refractivity contribution is 9.10. The van der Waals surface area contributed by atoms with Gasteiger partial charge in [-0.25, -0.2) is 4.39 Å². The maximum atomic E-state index is 13.2. The molecule has 0 fully saturated rings. The molecule has 0 bridgehead atoms. The molecule has 0 heterocycles. The number of hydrogen-bond acceptors (Lipinski definition) is 1. The summed E-state index contributed by atoms with van der Waals surface area (Å²) >= 11 is 3.14. The third-order valence-corrected chi connectivity index (χ3v) is 3.68. The molecular weight excluding hydrogens is 295 g/mol. The molecule has 0 aliphatic carbocycles. The molecule has 1 nitrogen and oxygen atoms in total. The molecule has 1 atom stereocenters. The molecule has 0 radical (unpaired) electrons. The lowest BCUT2D eigenvalue weighted by Crippen LogP contribution is -2.04. The maximum absolute atomic E-state index is 13.2. The van der Waals surface area contributed by atoms with E-state index < -0.39 is 6.10 Å². The molecule has 0 amide bonds. The van der Waals surface area contributed by atoms with Crippen molar-refractivity contribution in [2.45, 2.75) is 20.0 Å². The number of benzene rings is 2. The summed E-state index contributed by atoms with van der Waals surface area (Å²) in [5.74, 6) is -0.326. The van der Waals surface area contributed by atoms with Crippen molar-refractivity contribution in [2.75, 3.05) is 0 Å². The van der Waals surface area contributed by atoms with Crippen molar-refractivity contribution >= 4 is 15.9 Å². The van der Waals surface area contributed by atoms with Gasteiger partial charge >= 0.3 is 0 Å². The second-order valence-corrected chi connectivity index (χ2v) is 5.24. The van der Waals surface area contributed by atoms with Crippen molar-refractivity contribution in [3.8, 4) is 0 Å². The van der Waals surface area contributed by atoms with Crippen LogP contribution in [-0.4, -0.2) is 5.11 Å². The lowest BCUT2D eigenvalue weighted by atomic mass is 9.93. The molecule has 0 aromatic heterocycles. The summed E-state index contributed by atoms with van der Waals surface area (Å²) in [6, 6.07) is 10.5. The van der Waals surface area contributed by atoms with Crippen LogP contribution in [0.3, 0.4) is 0 Å². The van der Waals surface area contributed by atoms with Gasteiger partial charge in [0.2, 0.25) is 0 Å². The second kappa shape index (κ2) is 5.21. The summed E-state index contributed by atoms with van der Waals surface area (Å²) in [4.78, 5) is 0. The van der Waals surface area contributed by atoms with E-state index in [0.29, 0.717) is 10.0 Å². The predicted octanol–water partition coefficient (Wildman–Crippen LogP) is 4.29. The Hall–Kier alpha value is -1.19. The molecule has 18 heavy (non-hydrogen) atoms. The Morgan fingerprint density at radius 1 is 1.11 bits per heavy atom. The molecule has 3 heteroatoms. The molecule has 2 aromatic rings. The van der Waals surface area contributed by atoms with Crippen molar-refractivity contribution in [3.05, 3.63) is 68.9 Å². The van der Waals surface area contributed by atoms with E-state index in [1.165, 1.54) is 6.07 Å². The first-order valence-electron chi connectivity index (χ1n) is 5.70. The maximum Gasteiger partial charge on any atom is 0.137 e. The van der Waals surface area contributed by atoms with Crippen LogP contribution in [-0.2, 0) is 0 Å². The Morgan fingerprint density at radius 2 is 1.72 bits per heavy atom. The fourth-order valence-corrected chi connectivity index (χ4v) is 2.50. The Labute approximate surface area is 114 Å². The minimum Gasteiger partial charge on any atom is -0.384 e. The molecular formula is C15H14BrFO. The topological polar surface area (TPSA) is 20.2 Å². The number of aliphatic hydroxyl groups excluding tert-OH is 1. The van der Waals surface area contributed by atoms with E-state index in [-0.39, 0.29) is 5.82 Å². The lowest BCUT2D eigenvalue weighted by Gasteiger charge is -2.17. The van der Waals surface area contributed by atoms with E-state index in [1.807, 2.05) is 32.0 Å². The molecule has 0 aliphatic heterocycles. The largest absolute Gasteiger partial charge is 0.384 e. The quantitative estimate of drug-likeness (QED) is 0.877. The number of rotatable bonds is 2. The number of aryl methyl sites for hydroxylation is 2. The van der Waals surface area contributed by atoms with Crippen LogP contribution in [0.4, 0.5) is 4.39 Å². The highest BCUT2D eigenvalue weighted by Crippen LogP contribution is 2.29.